The van der Waals surface area contributed by atoms with Crippen molar-refractivity contribution in [1.82, 2.24) is 15.3 Å². The van der Waals surface area contributed by atoms with Crippen molar-refractivity contribution >= 4 is 61.5 Å². The molecule has 0 unspecified atom stereocenters. The lowest BCUT2D eigenvalue weighted by Crippen LogP contribution is -2.23. The van der Waals surface area contributed by atoms with Gasteiger partial charge in [-0.2, -0.15) is 21.8 Å². The number of aromatic nitrogens is 2. The molecule has 19 heteroatoms. The smallest absolute Gasteiger partial charge is 0.394 e. The lowest BCUT2D eigenvalue weighted by atomic mass is 10.0. The SMILES string of the molecule is COc1cc(CNC(=O)c2cccc(S(=O)(=O)F)c2)ccc1OCc1nc(N)nc(N)c1-c1ccc(Cl)c(Cl)c1.O=S(=O)(O)O. The summed E-state index contributed by atoms with van der Waals surface area (Å²) in [5.74, 6) is 0.251. The molecule has 0 aliphatic rings. The van der Waals surface area contributed by atoms with Gasteiger partial charge in [-0.1, -0.05) is 41.4 Å². The number of nitrogens with zero attached hydrogens (tertiary/aromatic N) is 2. The number of benzene rings is 3. The van der Waals surface area contributed by atoms with Gasteiger partial charge in [-0.05, 0) is 53.6 Å². The van der Waals surface area contributed by atoms with E-state index in [9.17, 15) is 17.1 Å². The molecule has 0 aliphatic heterocycles. The number of hydrogen-bond acceptors (Lipinski definition) is 11. The zero-order valence-corrected chi connectivity index (χ0v) is 26.1. The van der Waals surface area contributed by atoms with Gasteiger partial charge in [0.15, 0.2) is 11.5 Å². The molecule has 14 nitrogen and oxygen atoms in total. The number of carbonyl (C=O) groups is 1. The van der Waals surface area contributed by atoms with Crippen molar-refractivity contribution in [2.75, 3.05) is 18.6 Å². The van der Waals surface area contributed by atoms with Crippen LogP contribution >= 0.6 is 23.2 Å². The quantitative estimate of drug-likeness (QED) is 0.122. The van der Waals surface area contributed by atoms with Crippen molar-refractivity contribution < 1.29 is 44.1 Å². The predicted octanol–water partition coefficient (Wildman–Crippen LogP) is 4.14. The van der Waals surface area contributed by atoms with E-state index in [1.807, 2.05) is 0 Å². The summed E-state index contributed by atoms with van der Waals surface area (Å²) < 4.78 is 78.5. The number of hydrogen-bond donors (Lipinski definition) is 5. The largest absolute Gasteiger partial charge is 0.493 e. The fraction of sp³-hybridized carbons (Fsp3) is 0.115. The van der Waals surface area contributed by atoms with E-state index in [4.69, 9.17) is 61.7 Å². The van der Waals surface area contributed by atoms with Gasteiger partial charge in [-0.25, -0.2) is 4.98 Å². The maximum atomic E-state index is 13.3. The Bertz CT molecular complexity index is 1940. The van der Waals surface area contributed by atoms with Crippen LogP contribution in [0.25, 0.3) is 11.1 Å². The van der Waals surface area contributed by atoms with Gasteiger partial charge in [0.1, 0.15) is 12.4 Å². The lowest BCUT2D eigenvalue weighted by Gasteiger charge is -2.16. The van der Waals surface area contributed by atoms with Gasteiger partial charge in [0.25, 0.3) is 5.91 Å². The van der Waals surface area contributed by atoms with E-state index in [0.717, 1.165) is 12.1 Å². The first-order valence-corrected chi connectivity index (χ1v) is 15.7. The Kier molecular flexibility index (Phi) is 11.5. The van der Waals surface area contributed by atoms with Crippen LogP contribution < -0.4 is 26.3 Å². The van der Waals surface area contributed by atoms with Crippen molar-refractivity contribution in [3.8, 4) is 22.6 Å². The molecule has 1 heterocycles. The second kappa shape index (κ2) is 14.7. The maximum absolute atomic E-state index is 13.3. The van der Waals surface area contributed by atoms with Gasteiger partial charge < -0.3 is 26.3 Å². The minimum Gasteiger partial charge on any atom is -0.493 e. The average molecular weight is 705 g/mol. The van der Waals surface area contributed by atoms with E-state index in [2.05, 4.69) is 15.3 Å². The third-order valence-corrected chi connectivity index (χ3v) is 7.22. The topological polar surface area (TPSA) is 234 Å². The normalized spacial score (nSPS) is 11.2. The molecule has 0 saturated heterocycles. The first-order chi connectivity index (χ1) is 21.0. The molecule has 1 aromatic heterocycles. The van der Waals surface area contributed by atoms with Crippen LogP contribution in [0, 0.1) is 0 Å². The summed E-state index contributed by atoms with van der Waals surface area (Å²) in [6.07, 6.45) is 0. The minimum atomic E-state index is -4.94. The highest BCUT2D eigenvalue weighted by Gasteiger charge is 2.18. The van der Waals surface area contributed by atoms with Crippen LogP contribution in [0.4, 0.5) is 15.7 Å². The van der Waals surface area contributed by atoms with Gasteiger partial charge in [0.2, 0.25) is 5.95 Å². The fourth-order valence-electron chi connectivity index (χ4n) is 3.78. The Morgan fingerprint density at radius 2 is 1.64 bits per heavy atom. The zero-order chi connectivity index (χ0) is 33.5. The maximum Gasteiger partial charge on any atom is 0.394 e. The second-order valence-corrected chi connectivity index (χ2v) is 11.8. The lowest BCUT2D eigenvalue weighted by molar-refractivity contribution is 0.0950. The summed E-state index contributed by atoms with van der Waals surface area (Å²) >= 11 is 12.2. The van der Waals surface area contributed by atoms with E-state index in [1.54, 1.807) is 36.4 Å². The molecule has 0 radical (unpaired) electrons. The van der Waals surface area contributed by atoms with Crippen molar-refractivity contribution in [2.24, 2.45) is 0 Å². The second-order valence-electron chi connectivity index (χ2n) is 8.79. The van der Waals surface area contributed by atoms with Crippen molar-refractivity contribution in [3.05, 3.63) is 87.5 Å². The third kappa shape index (κ3) is 10.4. The summed E-state index contributed by atoms with van der Waals surface area (Å²) in [5, 5.41) is 3.35. The number of nitrogen functional groups attached to an aromatic ring is 2. The van der Waals surface area contributed by atoms with Crippen LogP contribution in [0.1, 0.15) is 21.6 Å². The molecule has 0 saturated carbocycles. The molecule has 0 atom stereocenters. The summed E-state index contributed by atoms with van der Waals surface area (Å²) in [4.78, 5) is 20.2. The third-order valence-electron chi connectivity index (χ3n) is 5.66. The van der Waals surface area contributed by atoms with E-state index in [-0.39, 0.29) is 30.5 Å². The number of anilines is 2. The van der Waals surface area contributed by atoms with E-state index in [0.29, 0.717) is 43.9 Å². The van der Waals surface area contributed by atoms with Gasteiger partial charge in [-0.3, -0.25) is 13.9 Å². The molecule has 4 rings (SSSR count). The van der Waals surface area contributed by atoms with Crippen LogP contribution in [0.3, 0.4) is 0 Å². The molecule has 7 N–H and O–H groups in total. The molecule has 4 aromatic rings. The zero-order valence-electron chi connectivity index (χ0n) is 22.9. The van der Waals surface area contributed by atoms with Gasteiger partial charge in [-0.15, -0.1) is 3.89 Å². The van der Waals surface area contributed by atoms with Crippen molar-refractivity contribution in [1.29, 1.82) is 0 Å². The molecule has 0 spiro atoms. The van der Waals surface area contributed by atoms with Crippen LogP contribution in [-0.2, 0) is 33.8 Å². The van der Waals surface area contributed by atoms with Crippen LogP contribution in [0.2, 0.25) is 10.0 Å². The highest BCUT2D eigenvalue weighted by molar-refractivity contribution is 7.86. The molecular formula is C26H24Cl2FN5O9S2. The van der Waals surface area contributed by atoms with Crippen molar-refractivity contribution in [2.45, 2.75) is 18.0 Å². The number of ether oxygens (including phenoxy) is 2. The number of nitrogens with one attached hydrogen (secondary N) is 1. The van der Waals surface area contributed by atoms with Crippen LogP contribution in [0.15, 0.2) is 65.6 Å². The molecule has 0 bridgehead atoms. The molecule has 45 heavy (non-hydrogen) atoms. The van der Waals surface area contributed by atoms with Gasteiger partial charge >= 0.3 is 20.6 Å². The Morgan fingerprint density at radius 3 is 2.27 bits per heavy atom. The number of nitrogens with two attached hydrogens (primary N) is 2. The monoisotopic (exact) mass is 703 g/mol. The van der Waals surface area contributed by atoms with Crippen LogP contribution in [-0.4, -0.2) is 48.9 Å². The molecule has 0 aliphatic carbocycles. The number of amides is 1. The van der Waals surface area contributed by atoms with Crippen molar-refractivity contribution in [3.63, 3.8) is 0 Å². The summed E-state index contributed by atoms with van der Waals surface area (Å²) in [6.45, 7) is 0.0231. The number of rotatable bonds is 9. The first kappa shape index (κ1) is 35.2. The molecule has 3 aromatic carbocycles. The average Bonchev–Trinajstić information content (AvgIpc) is 2.95. The Labute approximate surface area is 266 Å². The van der Waals surface area contributed by atoms with E-state index < -0.39 is 31.4 Å². The Balaban J connectivity index is 0.00000102. The fourth-order valence-corrected chi connectivity index (χ4v) is 4.58. The standard InChI is InChI=1S/C26H22Cl2FN5O5S.H2O4S/c1-38-22-9-14(12-32-25(35)16-3-2-4-17(10-16)40(29,36)37)5-8-21(22)39-13-20-23(24(30)34-26(31)33-20)15-6-7-18(27)19(28)11-15;1-5(2,3)4/h2-11H,12-13H2,1H3,(H,32,35)(H4,30,31,33,34);(H2,1,2,3,4). The van der Waals surface area contributed by atoms with Gasteiger partial charge in [0, 0.05) is 17.7 Å². The number of methoxy groups -OCH3 is 1. The molecule has 0 fully saturated rings. The highest BCUT2D eigenvalue weighted by Crippen LogP contribution is 2.35. The predicted molar refractivity (Wildman–Crippen MR) is 164 cm³/mol. The summed E-state index contributed by atoms with van der Waals surface area (Å²) in [7, 11) is -8.15. The van der Waals surface area contributed by atoms with Crippen LogP contribution in [0.5, 0.6) is 11.5 Å². The summed E-state index contributed by atoms with van der Waals surface area (Å²) in [5.41, 5.74) is 14.1. The molecule has 240 valence electrons. The van der Waals surface area contributed by atoms with E-state index in [1.165, 1.54) is 19.2 Å². The molecule has 1 amide bonds. The molecular weight excluding hydrogens is 680 g/mol. The first-order valence-electron chi connectivity index (χ1n) is 12.2. The van der Waals surface area contributed by atoms with E-state index >= 15 is 0 Å². The Hall–Kier alpha value is -4.26. The Morgan fingerprint density at radius 1 is 0.956 bits per heavy atom. The highest BCUT2D eigenvalue weighted by atomic mass is 35.5. The summed E-state index contributed by atoms with van der Waals surface area (Å²) in [6, 6.07) is 14.7. The number of halogens is 3. The van der Waals surface area contributed by atoms with Gasteiger partial charge in [0.05, 0.1) is 27.7 Å². The number of carbonyl (C=O) groups excluding carboxylic acids is 1. The minimum absolute atomic E-state index is 0.00757.